The Labute approximate surface area is 230 Å². The number of halogens is 1. The molecule has 0 saturated carbocycles. The molecule has 4 aromatic rings. The van der Waals surface area contributed by atoms with Crippen molar-refractivity contribution in [2.45, 2.75) is 12.3 Å². The number of rotatable bonds is 6. The Bertz CT molecular complexity index is 1520. The van der Waals surface area contributed by atoms with Crippen molar-refractivity contribution in [1.29, 1.82) is 0 Å². The number of anilines is 3. The van der Waals surface area contributed by atoms with E-state index in [9.17, 15) is 18.8 Å². The average molecular weight is 540 g/mol. The Kier molecular flexibility index (Phi) is 7.54. The van der Waals surface area contributed by atoms with Crippen LogP contribution in [0.2, 0.25) is 0 Å². The third kappa shape index (κ3) is 5.13. The zero-order valence-electron chi connectivity index (χ0n) is 21.9. The van der Waals surface area contributed by atoms with Crippen LogP contribution in [-0.2, 0) is 14.3 Å². The Morgan fingerprint density at radius 3 is 2.27 bits per heavy atom. The second-order valence-corrected chi connectivity index (χ2v) is 9.14. The van der Waals surface area contributed by atoms with Crippen molar-refractivity contribution in [3.63, 3.8) is 0 Å². The van der Waals surface area contributed by atoms with Gasteiger partial charge in [0.1, 0.15) is 17.4 Å². The number of nitrogens with zero attached hydrogens (tertiary/aromatic N) is 3. The topological polar surface area (TPSA) is 89.0 Å². The quantitative estimate of drug-likeness (QED) is 0.311. The largest absolute Gasteiger partial charge is 0.491 e. The summed E-state index contributed by atoms with van der Waals surface area (Å²) in [7, 11) is 2.78. The molecule has 0 saturated heterocycles. The van der Waals surface area contributed by atoms with Gasteiger partial charge < -0.3 is 14.4 Å². The van der Waals surface area contributed by atoms with Crippen LogP contribution in [-0.4, -0.2) is 43.5 Å². The first kappa shape index (κ1) is 26.6. The zero-order chi connectivity index (χ0) is 28.2. The molecule has 2 amide bonds. The molecule has 9 heteroatoms. The summed E-state index contributed by atoms with van der Waals surface area (Å²) in [5, 5.41) is 0. The molecule has 0 unspecified atom stereocenters. The predicted molar refractivity (Wildman–Crippen MR) is 147 cm³/mol. The summed E-state index contributed by atoms with van der Waals surface area (Å²) in [6.07, 6.45) is 1.35. The Hall–Kier alpha value is -5.05. The number of aromatic nitrogens is 1. The van der Waals surface area contributed by atoms with Gasteiger partial charge in [-0.2, -0.15) is 0 Å². The third-order valence-corrected chi connectivity index (χ3v) is 6.69. The fraction of sp³-hybridized carbons (Fsp3) is 0.161. The molecule has 0 spiro atoms. The second kappa shape index (κ2) is 11.4. The van der Waals surface area contributed by atoms with Crippen molar-refractivity contribution in [2.75, 3.05) is 30.6 Å². The van der Waals surface area contributed by atoms with Crippen molar-refractivity contribution in [1.82, 2.24) is 4.98 Å². The Morgan fingerprint density at radius 2 is 1.65 bits per heavy atom. The van der Waals surface area contributed by atoms with E-state index in [4.69, 9.17) is 9.47 Å². The van der Waals surface area contributed by atoms with E-state index in [1.807, 2.05) is 60.7 Å². The zero-order valence-corrected chi connectivity index (χ0v) is 21.9. The van der Waals surface area contributed by atoms with E-state index < -0.39 is 23.6 Å². The SMILES string of the molecule is COC(=O)c1cc(N2C(=O)CCOc3ccc(F)cc32)ncc1N(C)C(=O)C(c1ccccc1)c1ccccc1. The van der Waals surface area contributed by atoms with Crippen molar-refractivity contribution < 1.29 is 28.2 Å². The van der Waals surface area contributed by atoms with Gasteiger partial charge in [0.25, 0.3) is 0 Å². The Balaban J connectivity index is 1.59. The molecule has 0 atom stereocenters. The fourth-order valence-corrected chi connectivity index (χ4v) is 4.71. The van der Waals surface area contributed by atoms with Crippen molar-refractivity contribution in [3.8, 4) is 5.75 Å². The first-order valence-corrected chi connectivity index (χ1v) is 12.6. The number of pyridine rings is 1. The number of hydrogen-bond acceptors (Lipinski definition) is 6. The van der Waals surface area contributed by atoms with E-state index in [1.54, 1.807) is 7.05 Å². The highest BCUT2D eigenvalue weighted by Crippen LogP contribution is 2.38. The Morgan fingerprint density at radius 1 is 1.00 bits per heavy atom. The van der Waals surface area contributed by atoms with Gasteiger partial charge in [-0.25, -0.2) is 14.2 Å². The van der Waals surface area contributed by atoms with Crippen LogP contribution in [0.25, 0.3) is 0 Å². The standard InChI is InChI=1S/C31H26FN3O5/c1-34(30(37)29(20-9-5-3-6-10-20)21-11-7-4-8-12-21)25-19-33-27(18-23(25)31(38)39-2)35-24-17-22(32)13-14-26(24)40-16-15-28(35)36/h3-14,17-19,29H,15-16H2,1-2H3. The normalized spacial score (nSPS) is 12.8. The van der Waals surface area contributed by atoms with Crippen molar-refractivity contribution in [3.05, 3.63) is 114 Å². The summed E-state index contributed by atoms with van der Waals surface area (Å²) in [5.41, 5.74) is 1.93. The molecule has 40 heavy (non-hydrogen) atoms. The average Bonchev–Trinajstić information content (AvgIpc) is 3.14. The molecular weight excluding hydrogens is 513 g/mol. The third-order valence-electron chi connectivity index (χ3n) is 6.69. The van der Waals surface area contributed by atoms with Crippen LogP contribution in [0.4, 0.5) is 21.6 Å². The van der Waals surface area contributed by atoms with Crippen LogP contribution in [0.15, 0.2) is 91.1 Å². The molecular formula is C31H26FN3O5. The molecule has 3 aromatic carbocycles. The lowest BCUT2D eigenvalue weighted by molar-refractivity contribution is -0.119. The highest BCUT2D eigenvalue weighted by Gasteiger charge is 2.31. The van der Waals surface area contributed by atoms with Gasteiger partial charge in [-0.05, 0) is 29.3 Å². The maximum atomic E-state index is 14.2. The summed E-state index contributed by atoms with van der Waals surface area (Å²) < 4.78 is 24.8. The summed E-state index contributed by atoms with van der Waals surface area (Å²) >= 11 is 0. The number of carbonyl (C=O) groups is 3. The summed E-state index contributed by atoms with van der Waals surface area (Å²) in [6.45, 7) is 0.105. The van der Waals surface area contributed by atoms with Gasteiger partial charge in [0.2, 0.25) is 11.8 Å². The molecule has 0 aliphatic carbocycles. The van der Waals surface area contributed by atoms with E-state index in [1.165, 1.54) is 47.4 Å². The summed E-state index contributed by atoms with van der Waals surface area (Å²) in [4.78, 5) is 47.1. The number of fused-ring (bicyclic) bond motifs is 1. The molecule has 0 fully saturated rings. The molecule has 8 nitrogen and oxygen atoms in total. The molecule has 1 aliphatic rings. The fourth-order valence-electron chi connectivity index (χ4n) is 4.71. The maximum absolute atomic E-state index is 14.2. The molecule has 5 rings (SSSR count). The number of esters is 1. The van der Waals surface area contributed by atoms with Crippen LogP contribution in [0.1, 0.15) is 33.8 Å². The number of amides is 2. The number of carbonyl (C=O) groups excluding carboxylic acids is 3. The number of hydrogen-bond donors (Lipinski definition) is 0. The number of ether oxygens (including phenoxy) is 2. The van der Waals surface area contributed by atoms with E-state index in [0.717, 1.165) is 11.1 Å². The number of methoxy groups -OCH3 is 1. The van der Waals surface area contributed by atoms with Gasteiger partial charge in [0.05, 0.1) is 49.2 Å². The van der Waals surface area contributed by atoms with E-state index in [2.05, 4.69) is 4.98 Å². The summed E-state index contributed by atoms with van der Waals surface area (Å²) in [5.74, 6) is -2.27. The molecule has 1 aromatic heterocycles. The lowest BCUT2D eigenvalue weighted by Crippen LogP contribution is -2.34. The van der Waals surface area contributed by atoms with Gasteiger partial charge >= 0.3 is 5.97 Å². The molecule has 1 aliphatic heterocycles. The molecule has 0 bridgehead atoms. The lowest BCUT2D eigenvalue weighted by Gasteiger charge is -2.27. The molecule has 0 N–H and O–H groups in total. The van der Waals surface area contributed by atoms with Crippen LogP contribution in [0.3, 0.4) is 0 Å². The lowest BCUT2D eigenvalue weighted by atomic mass is 9.90. The van der Waals surface area contributed by atoms with Crippen molar-refractivity contribution in [2.24, 2.45) is 0 Å². The van der Waals surface area contributed by atoms with Gasteiger partial charge in [0, 0.05) is 13.1 Å². The predicted octanol–water partition coefficient (Wildman–Crippen LogP) is 5.25. The van der Waals surface area contributed by atoms with Gasteiger partial charge in [0.15, 0.2) is 0 Å². The van der Waals surface area contributed by atoms with Crippen LogP contribution in [0, 0.1) is 5.82 Å². The van der Waals surface area contributed by atoms with Gasteiger partial charge in [-0.3, -0.25) is 14.5 Å². The van der Waals surface area contributed by atoms with Crippen LogP contribution >= 0.6 is 0 Å². The van der Waals surface area contributed by atoms with E-state index in [-0.39, 0.29) is 41.7 Å². The molecule has 0 radical (unpaired) electrons. The minimum Gasteiger partial charge on any atom is -0.491 e. The van der Waals surface area contributed by atoms with Crippen LogP contribution < -0.4 is 14.5 Å². The minimum atomic E-state index is -0.729. The van der Waals surface area contributed by atoms with Crippen LogP contribution in [0.5, 0.6) is 5.75 Å². The molecule has 2 heterocycles. The summed E-state index contributed by atoms with van der Waals surface area (Å²) in [6, 6.07) is 23.9. The first-order valence-electron chi connectivity index (χ1n) is 12.6. The van der Waals surface area contributed by atoms with Gasteiger partial charge in [-0.15, -0.1) is 0 Å². The minimum absolute atomic E-state index is 0.0131. The molecule has 202 valence electrons. The first-order chi connectivity index (χ1) is 19.4. The highest BCUT2D eigenvalue weighted by molar-refractivity contribution is 6.07. The highest BCUT2D eigenvalue weighted by atomic mass is 19.1. The second-order valence-electron chi connectivity index (χ2n) is 9.14. The number of likely N-dealkylation sites (N-methyl/N-ethyl adjacent to an activating group) is 1. The van der Waals surface area contributed by atoms with E-state index in [0.29, 0.717) is 5.75 Å². The monoisotopic (exact) mass is 539 g/mol. The van der Waals surface area contributed by atoms with Crippen molar-refractivity contribution >= 4 is 35.0 Å². The number of benzene rings is 3. The smallest absolute Gasteiger partial charge is 0.340 e. The van der Waals surface area contributed by atoms with E-state index >= 15 is 0 Å². The van der Waals surface area contributed by atoms with Gasteiger partial charge in [-0.1, -0.05) is 60.7 Å². The maximum Gasteiger partial charge on any atom is 0.340 e.